The lowest BCUT2D eigenvalue weighted by atomic mass is 9.97. The Morgan fingerprint density at radius 3 is 2.88 bits per heavy atom. The molecule has 1 atom stereocenters. The van der Waals surface area contributed by atoms with Crippen molar-refractivity contribution in [1.82, 2.24) is 24.7 Å². The summed E-state index contributed by atoms with van der Waals surface area (Å²) in [5.74, 6) is 0. The number of nitrogens with zero attached hydrogens (tertiary/aromatic N) is 5. The first kappa shape index (κ1) is 18.8. The Labute approximate surface area is 188 Å². The normalized spacial score (nSPS) is 18.8. The lowest BCUT2D eigenvalue weighted by Crippen LogP contribution is -2.26. The van der Waals surface area contributed by atoms with E-state index >= 15 is 0 Å². The molecule has 5 aromatic rings. The van der Waals surface area contributed by atoms with E-state index in [0.29, 0.717) is 23.7 Å². The highest BCUT2D eigenvalue weighted by molar-refractivity contribution is 6.04. The molecule has 1 saturated heterocycles. The number of nitrogens with two attached hydrogens (primary N) is 1. The molecule has 1 aliphatic heterocycles. The number of oxazole rings is 1. The highest BCUT2D eigenvalue weighted by Crippen LogP contribution is 2.41. The number of fused-ring (bicyclic) bond motifs is 4. The molecule has 9 heteroatoms. The topological polar surface area (TPSA) is 119 Å². The predicted molar refractivity (Wildman–Crippen MR) is 126 cm³/mol. The van der Waals surface area contributed by atoms with Crippen LogP contribution in [0.5, 0.6) is 0 Å². The Bertz CT molecular complexity index is 1630. The Kier molecular flexibility index (Phi) is 3.79. The van der Waals surface area contributed by atoms with Crippen LogP contribution in [0, 0.1) is 6.92 Å². The molecule has 3 N–H and O–H groups in total. The third kappa shape index (κ3) is 2.75. The third-order valence-corrected chi connectivity index (χ3v) is 6.96. The van der Waals surface area contributed by atoms with Crippen molar-refractivity contribution in [3.05, 3.63) is 46.5 Å². The molecule has 7 rings (SSSR count). The maximum Gasteiger partial charge on any atom is 0.298 e. The van der Waals surface area contributed by atoms with Crippen LogP contribution >= 0.6 is 0 Å². The first-order valence-corrected chi connectivity index (χ1v) is 11.4. The monoisotopic (exact) mass is 441 g/mol. The molecule has 2 aliphatic rings. The van der Waals surface area contributed by atoms with E-state index in [1.807, 2.05) is 21.7 Å². The van der Waals surface area contributed by atoms with Crippen LogP contribution in [0.25, 0.3) is 44.2 Å². The summed E-state index contributed by atoms with van der Waals surface area (Å²) in [5, 5.41) is 8.83. The SMILES string of the molecule is Cc1c(-c2cnc3[nH]ncc3c2)ccc2c3oc(N4CCC(N)C4)nc3c(=O)n(C3CC3)c12. The fourth-order valence-electron chi connectivity index (χ4n) is 5.12. The molecule has 5 heterocycles. The van der Waals surface area contributed by atoms with E-state index in [-0.39, 0.29) is 17.6 Å². The molecular formula is C24H23N7O2. The second-order valence-corrected chi connectivity index (χ2v) is 9.24. The van der Waals surface area contributed by atoms with Crippen LogP contribution in [0.1, 0.15) is 30.9 Å². The van der Waals surface area contributed by atoms with Gasteiger partial charge >= 0.3 is 0 Å². The molecule has 33 heavy (non-hydrogen) atoms. The zero-order valence-corrected chi connectivity index (χ0v) is 18.2. The van der Waals surface area contributed by atoms with Crippen LogP contribution < -0.4 is 16.2 Å². The highest BCUT2D eigenvalue weighted by atomic mass is 16.4. The molecule has 9 nitrogen and oxygen atoms in total. The van der Waals surface area contributed by atoms with Crippen LogP contribution in [0.15, 0.2) is 39.8 Å². The molecule has 0 amide bonds. The number of pyridine rings is 2. The van der Waals surface area contributed by atoms with Crippen LogP contribution in [-0.2, 0) is 0 Å². The molecule has 2 fully saturated rings. The summed E-state index contributed by atoms with van der Waals surface area (Å²) in [4.78, 5) is 24.8. The Balaban J connectivity index is 1.49. The summed E-state index contributed by atoms with van der Waals surface area (Å²) in [5.41, 5.74) is 11.7. The van der Waals surface area contributed by atoms with Gasteiger partial charge in [0.25, 0.3) is 11.6 Å². The van der Waals surface area contributed by atoms with Crippen molar-refractivity contribution in [3.63, 3.8) is 0 Å². The van der Waals surface area contributed by atoms with Crippen LogP contribution in [0.2, 0.25) is 0 Å². The number of aryl methyl sites for hydroxylation is 1. The van der Waals surface area contributed by atoms with Gasteiger partial charge in [0, 0.05) is 47.7 Å². The molecule has 0 spiro atoms. The van der Waals surface area contributed by atoms with Crippen molar-refractivity contribution in [2.24, 2.45) is 5.73 Å². The van der Waals surface area contributed by atoms with Crippen molar-refractivity contribution in [3.8, 4) is 11.1 Å². The van der Waals surface area contributed by atoms with Gasteiger partial charge in [-0.3, -0.25) is 9.89 Å². The number of nitrogens with one attached hydrogen (secondary N) is 1. The van der Waals surface area contributed by atoms with E-state index < -0.39 is 0 Å². The maximum absolute atomic E-state index is 13.6. The smallest absolute Gasteiger partial charge is 0.298 e. The molecule has 0 bridgehead atoms. The number of aromatic amines is 1. The standard InChI is InChI=1S/C24H23N7O2/c1-12-17(13-8-14-10-27-29-22(14)26-9-13)4-5-18-20(12)31(16-2-3-16)23(32)19-21(18)33-24(28-19)30-7-6-15(25)11-30/h4-5,8-10,15-16H,2-3,6-7,11,25H2,1H3,(H,26,27,29). The summed E-state index contributed by atoms with van der Waals surface area (Å²) in [6.45, 7) is 3.54. The number of benzene rings is 1. The van der Waals surface area contributed by atoms with E-state index in [9.17, 15) is 4.79 Å². The van der Waals surface area contributed by atoms with E-state index in [0.717, 1.165) is 64.4 Å². The molecule has 1 saturated carbocycles. The van der Waals surface area contributed by atoms with Gasteiger partial charge in [0.2, 0.25) is 0 Å². The minimum absolute atomic E-state index is 0.0813. The van der Waals surface area contributed by atoms with Crippen LogP contribution in [0.3, 0.4) is 0 Å². The Hall–Kier alpha value is -3.72. The van der Waals surface area contributed by atoms with Gasteiger partial charge in [0.1, 0.15) is 0 Å². The lowest BCUT2D eigenvalue weighted by Gasteiger charge is -2.15. The average Bonchev–Trinajstić information content (AvgIpc) is 3.20. The quantitative estimate of drug-likeness (QED) is 0.441. The number of H-pyrrole nitrogens is 1. The third-order valence-electron chi connectivity index (χ3n) is 6.96. The molecule has 4 aromatic heterocycles. The summed E-state index contributed by atoms with van der Waals surface area (Å²) in [6, 6.07) is 6.99. The number of aromatic nitrogens is 5. The molecule has 0 radical (unpaired) electrons. The summed E-state index contributed by atoms with van der Waals surface area (Å²) in [7, 11) is 0. The minimum Gasteiger partial charge on any atom is -0.422 e. The van der Waals surface area contributed by atoms with Crippen molar-refractivity contribution < 1.29 is 4.42 Å². The van der Waals surface area contributed by atoms with E-state index in [4.69, 9.17) is 10.2 Å². The zero-order chi connectivity index (χ0) is 22.3. The molecule has 1 aromatic carbocycles. The summed E-state index contributed by atoms with van der Waals surface area (Å²) >= 11 is 0. The van der Waals surface area contributed by atoms with Crippen LogP contribution in [0.4, 0.5) is 6.01 Å². The van der Waals surface area contributed by atoms with E-state index in [1.54, 1.807) is 6.20 Å². The number of hydrogen-bond acceptors (Lipinski definition) is 7. The number of rotatable bonds is 3. The van der Waals surface area contributed by atoms with Crippen molar-refractivity contribution in [2.75, 3.05) is 18.0 Å². The number of anilines is 1. The predicted octanol–water partition coefficient (Wildman–Crippen LogP) is 3.26. The first-order valence-electron chi connectivity index (χ1n) is 11.4. The summed E-state index contributed by atoms with van der Waals surface area (Å²) < 4.78 is 8.15. The zero-order valence-electron chi connectivity index (χ0n) is 18.2. The van der Waals surface area contributed by atoms with Gasteiger partial charge in [0.15, 0.2) is 16.7 Å². The Morgan fingerprint density at radius 1 is 1.21 bits per heavy atom. The largest absolute Gasteiger partial charge is 0.422 e. The molecular weight excluding hydrogens is 418 g/mol. The van der Waals surface area contributed by atoms with Crippen LogP contribution in [-0.4, -0.2) is 43.9 Å². The summed E-state index contributed by atoms with van der Waals surface area (Å²) in [6.07, 6.45) is 6.50. The van der Waals surface area contributed by atoms with E-state index in [2.05, 4.69) is 39.2 Å². The van der Waals surface area contributed by atoms with Gasteiger partial charge in [-0.2, -0.15) is 10.1 Å². The average molecular weight is 441 g/mol. The van der Waals surface area contributed by atoms with Gasteiger partial charge in [-0.15, -0.1) is 0 Å². The van der Waals surface area contributed by atoms with Crippen molar-refractivity contribution in [2.45, 2.75) is 38.3 Å². The van der Waals surface area contributed by atoms with Crippen molar-refractivity contribution >= 4 is 39.1 Å². The Morgan fingerprint density at radius 2 is 2.09 bits per heavy atom. The van der Waals surface area contributed by atoms with Gasteiger partial charge in [0.05, 0.1) is 11.7 Å². The number of hydrogen-bond donors (Lipinski definition) is 2. The molecule has 1 aliphatic carbocycles. The maximum atomic E-state index is 13.6. The first-order chi connectivity index (χ1) is 16.1. The lowest BCUT2D eigenvalue weighted by molar-refractivity contribution is 0.585. The highest BCUT2D eigenvalue weighted by Gasteiger charge is 2.31. The fraction of sp³-hybridized carbons (Fsp3) is 0.333. The van der Waals surface area contributed by atoms with Gasteiger partial charge in [-0.25, -0.2) is 4.98 Å². The minimum atomic E-state index is -0.0813. The van der Waals surface area contributed by atoms with Gasteiger partial charge < -0.3 is 19.6 Å². The van der Waals surface area contributed by atoms with Gasteiger partial charge in [-0.05, 0) is 49.4 Å². The second-order valence-electron chi connectivity index (χ2n) is 9.24. The molecule has 166 valence electrons. The second kappa shape index (κ2) is 6.64. The fourth-order valence-corrected chi connectivity index (χ4v) is 5.12. The van der Waals surface area contributed by atoms with Gasteiger partial charge in [-0.1, -0.05) is 6.07 Å². The molecule has 1 unspecified atom stereocenters. The van der Waals surface area contributed by atoms with E-state index in [1.165, 1.54) is 0 Å². The van der Waals surface area contributed by atoms with Crippen molar-refractivity contribution in [1.29, 1.82) is 0 Å².